The number of hydrogen-bond donors (Lipinski definition) is 2. The fourth-order valence-electron chi connectivity index (χ4n) is 1.68. The number of nitrogens with one attached hydrogen (secondary N) is 2. The van der Waals surface area contributed by atoms with Gasteiger partial charge in [-0.25, -0.2) is 5.43 Å². The molecule has 1 amide bonds. The first-order chi connectivity index (χ1) is 9.75. The normalized spacial score (nSPS) is 10.4. The van der Waals surface area contributed by atoms with Crippen molar-refractivity contribution in [2.45, 2.75) is 6.92 Å². The molecule has 0 aliphatic rings. The average Bonchev–Trinajstić information content (AvgIpc) is 2.48. The molecule has 0 spiro atoms. The SMILES string of the molecule is Cc1ccccc1/C=N\NC(=O)CNc1ccccc1. The quantitative estimate of drug-likeness (QED) is 0.646. The Hall–Kier alpha value is -2.62. The van der Waals surface area contributed by atoms with E-state index in [1.807, 2.05) is 61.5 Å². The maximum absolute atomic E-state index is 11.6. The summed E-state index contributed by atoms with van der Waals surface area (Å²) in [6.07, 6.45) is 1.65. The van der Waals surface area contributed by atoms with Crippen molar-refractivity contribution in [3.05, 3.63) is 65.7 Å². The molecule has 2 aromatic carbocycles. The number of hydrogen-bond acceptors (Lipinski definition) is 3. The zero-order valence-electron chi connectivity index (χ0n) is 11.3. The van der Waals surface area contributed by atoms with Crippen molar-refractivity contribution >= 4 is 17.8 Å². The molecule has 20 heavy (non-hydrogen) atoms. The minimum atomic E-state index is -0.182. The Labute approximate surface area is 118 Å². The summed E-state index contributed by atoms with van der Waals surface area (Å²) in [6, 6.07) is 17.4. The van der Waals surface area contributed by atoms with Gasteiger partial charge in [0, 0.05) is 5.69 Å². The van der Waals surface area contributed by atoms with Gasteiger partial charge in [-0.15, -0.1) is 0 Å². The van der Waals surface area contributed by atoms with Gasteiger partial charge >= 0.3 is 0 Å². The Kier molecular flexibility index (Phi) is 4.89. The number of anilines is 1. The van der Waals surface area contributed by atoms with E-state index >= 15 is 0 Å². The van der Waals surface area contributed by atoms with Crippen molar-refractivity contribution in [2.24, 2.45) is 5.10 Å². The second-order valence-electron chi connectivity index (χ2n) is 4.37. The molecular formula is C16H17N3O. The number of amides is 1. The Morgan fingerprint density at radius 1 is 1.10 bits per heavy atom. The van der Waals surface area contributed by atoms with Crippen LogP contribution < -0.4 is 10.7 Å². The lowest BCUT2D eigenvalue weighted by atomic mass is 10.1. The van der Waals surface area contributed by atoms with Crippen LogP contribution in [-0.2, 0) is 4.79 Å². The molecule has 0 unspecified atom stereocenters. The smallest absolute Gasteiger partial charge is 0.259 e. The van der Waals surface area contributed by atoms with Crippen molar-refractivity contribution < 1.29 is 4.79 Å². The average molecular weight is 267 g/mol. The molecule has 2 N–H and O–H groups in total. The maximum atomic E-state index is 11.6. The van der Waals surface area contributed by atoms with E-state index in [9.17, 15) is 4.79 Å². The molecule has 2 rings (SSSR count). The largest absolute Gasteiger partial charge is 0.376 e. The van der Waals surface area contributed by atoms with Crippen LogP contribution in [0.1, 0.15) is 11.1 Å². The molecule has 4 heteroatoms. The van der Waals surface area contributed by atoms with Gasteiger partial charge in [0.15, 0.2) is 0 Å². The number of hydrazone groups is 1. The summed E-state index contributed by atoms with van der Waals surface area (Å²) < 4.78 is 0. The van der Waals surface area contributed by atoms with E-state index in [0.717, 1.165) is 16.8 Å². The summed E-state index contributed by atoms with van der Waals surface area (Å²) in [5.41, 5.74) is 5.51. The van der Waals surface area contributed by atoms with Gasteiger partial charge in [-0.05, 0) is 30.2 Å². The van der Waals surface area contributed by atoms with E-state index in [1.54, 1.807) is 6.21 Å². The summed E-state index contributed by atoms with van der Waals surface area (Å²) in [5, 5.41) is 6.97. The zero-order valence-corrected chi connectivity index (χ0v) is 11.3. The van der Waals surface area contributed by atoms with Crippen molar-refractivity contribution in [2.75, 3.05) is 11.9 Å². The first-order valence-electron chi connectivity index (χ1n) is 6.42. The number of carbonyl (C=O) groups is 1. The number of benzene rings is 2. The van der Waals surface area contributed by atoms with E-state index in [4.69, 9.17) is 0 Å². The molecule has 0 atom stereocenters. The molecule has 2 aromatic rings. The van der Waals surface area contributed by atoms with E-state index < -0.39 is 0 Å². The minimum absolute atomic E-state index is 0.182. The highest BCUT2D eigenvalue weighted by molar-refractivity contribution is 5.85. The second-order valence-corrected chi connectivity index (χ2v) is 4.37. The Balaban J connectivity index is 1.79. The summed E-state index contributed by atoms with van der Waals surface area (Å²) >= 11 is 0. The van der Waals surface area contributed by atoms with Crippen LogP contribution in [-0.4, -0.2) is 18.7 Å². The lowest BCUT2D eigenvalue weighted by Gasteiger charge is -2.04. The van der Waals surface area contributed by atoms with Gasteiger partial charge in [-0.1, -0.05) is 42.5 Å². The third-order valence-electron chi connectivity index (χ3n) is 2.81. The topological polar surface area (TPSA) is 53.5 Å². The van der Waals surface area contributed by atoms with Gasteiger partial charge in [-0.3, -0.25) is 4.79 Å². The zero-order chi connectivity index (χ0) is 14.2. The molecule has 0 aliphatic heterocycles. The summed E-state index contributed by atoms with van der Waals surface area (Å²) in [7, 11) is 0. The predicted molar refractivity (Wildman–Crippen MR) is 81.8 cm³/mol. The highest BCUT2D eigenvalue weighted by Gasteiger charge is 1.98. The highest BCUT2D eigenvalue weighted by Crippen LogP contribution is 2.04. The fourth-order valence-corrected chi connectivity index (χ4v) is 1.68. The first kappa shape index (κ1) is 13.8. The molecule has 0 heterocycles. The molecule has 0 aromatic heterocycles. The fraction of sp³-hybridized carbons (Fsp3) is 0.125. The molecule has 0 fully saturated rings. The van der Waals surface area contributed by atoms with Gasteiger partial charge < -0.3 is 5.32 Å². The Bertz CT molecular complexity index is 594. The second kappa shape index (κ2) is 7.09. The standard InChI is InChI=1S/C16H17N3O/c1-13-7-5-6-8-14(13)11-18-19-16(20)12-17-15-9-3-2-4-10-15/h2-11,17H,12H2,1H3,(H,19,20)/b18-11-. The van der Waals surface area contributed by atoms with Crippen molar-refractivity contribution in [1.82, 2.24) is 5.43 Å². The maximum Gasteiger partial charge on any atom is 0.259 e. The number of aryl methyl sites for hydroxylation is 1. The first-order valence-corrected chi connectivity index (χ1v) is 6.42. The monoisotopic (exact) mass is 267 g/mol. The van der Waals surface area contributed by atoms with Crippen LogP contribution in [0.3, 0.4) is 0 Å². The molecule has 0 radical (unpaired) electrons. The Morgan fingerprint density at radius 3 is 2.55 bits per heavy atom. The number of carbonyl (C=O) groups excluding carboxylic acids is 1. The number of para-hydroxylation sites is 1. The molecular weight excluding hydrogens is 250 g/mol. The van der Waals surface area contributed by atoms with Crippen LogP contribution in [0.25, 0.3) is 0 Å². The highest BCUT2D eigenvalue weighted by atomic mass is 16.2. The summed E-state index contributed by atoms with van der Waals surface area (Å²) in [4.78, 5) is 11.6. The Morgan fingerprint density at radius 2 is 1.80 bits per heavy atom. The van der Waals surface area contributed by atoms with Gasteiger partial charge in [0.2, 0.25) is 0 Å². The van der Waals surface area contributed by atoms with Gasteiger partial charge in [-0.2, -0.15) is 5.10 Å². The number of nitrogens with zero attached hydrogens (tertiary/aromatic N) is 1. The molecule has 0 saturated heterocycles. The molecule has 102 valence electrons. The molecule has 0 aliphatic carbocycles. The van der Waals surface area contributed by atoms with Crippen LogP contribution in [0, 0.1) is 6.92 Å². The van der Waals surface area contributed by atoms with Crippen LogP contribution >= 0.6 is 0 Å². The third-order valence-corrected chi connectivity index (χ3v) is 2.81. The third kappa shape index (κ3) is 4.24. The van der Waals surface area contributed by atoms with E-state index in [2.05, 4.69) is 15.8 Å². The predicted octanol–water partition coefficient (Wildman–Crippen LogP) is 2.56. The van der Waals surface area contributed by atoms with Crippen LogP contribution in [0.5, 0.6) is 0 Å². The van der Waals surface area contributed by atoms with Crippen LogP contribution in [0.4, 0.5) is 5.69 Å². The molecule has 0 saturated carbocycles. The van der Waals surface area contributed by atoms with Gasteiger partial charge in [0.25, 0.3) is 5.91 Å². The van der Waals surface area contributed by atoms with E-state index in [0.29, 0.717) is 0 Å². The molecule has 0 bridgehead atoms. The van der Waals surface area contributed by atoms with Gasteiger partial charge in [0.05, 0.1) is 12.8 Å². The minimum Gasteiger partial charge on any atom is -0.376 e. The van der Waals surface area contributed by atoms with Gasteiger partial charge in [0.1, 0.15) is 0 Å². The number of rotatable bonds is 5. The van der Waals surface area contributed by atoms with Crippen molar-refractivity contribution in [3.63, 3.8) is 0 Å². The lowest BCUT2D eigenvalue weighted by molar-refractivity contribution is -0.119. The van der Waals surface area contributed by atoms with Crippen molar-refractivity contribution in [1.29, 1.82) is 0 Å². The lowest BCUT2D eigenvalue weighted by Crippen LogP contribution is -2.25. The summed E-state index contributed by atoms with van der Waals surface area (Å²) in [6.45, 7) is 2.19. The summed E-state index contributed by atoms with van der Waals surface area (Å²) in [5.74, 6) is -0.182. The van der Waals surface area contributed by atoms with Crippen molar-refractivity contribution in [3.8, 4) is 0 Å². The molecule has 4 nitrogen and oxygen atoms in total. The van der Waals surface area contributed by atoms with Crippen LogP contribution in [0.15, 0.2) is 59.7 Å². The van der Waals surface area contributed by atoms with E-state index in [1.165, 1.54) is 0 Å². The van der Waals surface area contributed by atoms with Crippen LogP contribution in [0.2, 0.25) is 0 Å². The van der Waals surface area contributed by atoms with E-state index in [-0.39, 0.29) is 12.5 Å².